The number of aromatic nitrogens is 5. The van der Waals surface area contributed by atoms with Crippen molar-refractivity contribution in [3.8, 4) is 11.5 Å². The summed E-state index contributed by atoms with van der Waals surface area (Å²) in [6.07, 6.45) is 2.06. The summed E-state index contributed by atoms with van der Waals surface area (Å²) < 4.78 is 6.85. The van der Waals surface area contributed by atoms with E-state index in [4.69, 9.17) is 4.52 Å². The fourth-order valence-corrected chi connectivity index (χ4v) is 2.00. The normalized spacial score (nSPS) is 10.7. The van der Waals surface area contributed by atoms with Crippen molar-refractivity contribution in [3.63, 3.8) is 0 Å². The van der Waals surface area contributed by atoms with Gasteiger partial charge in [0.1, 0.15) is 5.69 Å². The second-order valence-corrected chi connectivity index (χ2v) is 4.53. The molecule has 0 aliphatic heterocycles. The molecule has 0 atom stereocenters. The van der Waals surface area contributed by atoms with Crippen LogP contribution in [0.3, 0.4) is 0 Å². The van der Waals surface area contributed by atoms with E-state index in [9.17, 15) is 4.79 Å². The van der Waals surface area contributed by atoms with E-state index in [0.29, 0.717) is 30.4 Å². The maximum atomic E-state index is 11.8. The summed E-state index contributed by atoms with van der Waals surface area (Å²) in [7, 11) is 0. The molecule has 3 aromatic rings. The lowest BCUT2D eigenvalue weighted by molar-refractivity contribution is 0.371. The lowest BCUT2D eigenvalue weighted by atomic mass is 10.3. The van der Waals surface area contributed by atoms with Gasteiger partial charge >= 0.3 is 0 Å². The Balaban J connectivity index is 1.75. The van der Waals surface area contributed by atoms with E-state index >= 15 is 0 Å². The molecule has 7 heteroatoms. The van der Waals surface area contributed by atoms with Crippen LogP contribution in [0.2, 0.25) is 0 Å². The van der Waals surface area contributed by atoms with Crippen molar-refractivity contribution >= 4 is 0 Å². The molecule has 0 aromatic carbocycles. The first-order valence-corrected chi connectivity index (χ1v) is 6.51. The van der Waals surface area contributed by atoms with Gasteiger partial charge in [-0.2, -0.15) is 10.1 Å². The Morgan fingerprint density at radius 3 is 2.90 bits per heavy atom. The molecule has 21 heavy (non-hydrogen) atoms. The lowest BCUT2D eigenvalue weighted by Crippen LogP contribution is -2.21. The van der Waals surface area contributed by atoms with Crippen LogP contribution < -0.4 is 5.56 Å². The number of nitrogens with zero attached hydrogens (tertiary/aromatic N) is 5. The van der Waals surface area contributed by atoms with Gasteiger partial charge in [-0.05, 0) is 25.1 Å². The molecule has 106 valence electrons. The van der Waals surface area contributed by atoms with Crippen LogP contribution >= 0.6 is 0 Å². The zero-order valence-corrected chi connectivity index (χ0v) is 11.4. The van der Waals surface area contributed by atoms with E-state index in [0.717, 1.165) is 5.69 Å². The van der Waals surface area contributed by atoms with Gasteiger partial charge in [-0.15, -0.1) is 5.10 Å². The molecule has 0 saturated carbocycles. The molecule has 3 heterocycles. The molecule has 0 bridgehead atoms. The van der Waals surface area contributed by atoms with Gasteiger partial charge in [-0.1, -0.05) is 11.2 Å². The average molecular weight is 283 g/mol. The molecule has 0 aliphatic rings. The van der Waals surface area contributed by atoms with Gasteiger partial charge in [0.15, 0.2) is 0 Å². The molecular weight excluding hydrogens is 270 g/mol. The molecule has 0 saturated heterocycles. The quantitative estimate of drug-likeness (QED) is 0.716. The monoisotopic (exact) mass is 283 g/mol. The van der Waals surface area contributed by atoms with Crippen LogP contribution in [0.15, 0.2) is 45.8 Å². The topological polar surface area (TPSA) is 86.7 Å². The second-order valence-electron chi connectivity index (χ2n) is 4.53. The average Bonchev–Trinajstić information content (AvgIpc) is 2.97. The predicted molar refractivity (Wildman–Crippen MR) is 74.5 cm³/mol. The van der Waals surface area contributed by atoms with Crippen LogP contribution in [0.4, 0.5) is 0 Å². The van der Waals surface area contributed by atoms with E-state index in [1.54, 1.807) is 29.0 Å². The molecule has 7 nitrogen and oxygen atoms in total. The standard InChI is InChI=1S/C14H13N5O2/c1-10-4-2-6-13(20)19(10)9-7-12-16-14(18-21-12)11-5-3-8-15-17-11/h2-6,8H,7,9H2,1H3. The molecule has 3 aromatic heterocycles. The molecule has 0 amide bonds. The fraction of sp³-hybridized carbons (Fsp3) is 0.214. The Morgan fingerprint density at radius 1 is 1.24 bits per heavy atom. The van der Waals surface area contributed by atoms with Crippen molar-refractivity contribution in [2.45, 2.75) is 19.9 Å². The summed E-state index contributed by atoms with van der Waals surface area (Å²) in [5, 5.41) is 11.6. The fourth-order valence-electron chi connectivity index (χ4n) is 2.00. The lowest BCUT2D eigenvalue weighted by Gasteiger charge is -2.06. The summed E-state index contributed by atoms with van der Waals surface area (Å²) >= 11 is 0. The minimum absolute atomic E-state index is 0.0383. The van der Waals surface area contributed by atoms with Crippen LogP contribution in [0.1, 0.15) is 11.6 Å². The Morgan fingerprint density at radius 2 is 2.14 bits per heavy atom. The van der Waals surface area contributed by atoms with E-state index in [2.05, 4.69) is 20.3 Å². The van der Waals surface area contributed by atoms with Crippen LogP contribution in [0.25, 0.3) is 11.5 Å². The number of aryl methyl sites for hydroxylation is 2. The zero-order chi connectivity index (χ0) is 14.7. The van der Waals surface area contributed by atoms with Gasteiger partial charge < -0.3 is 9.09 Å². The van der Waals surface area contributed by atoms with Gasteiger partial charge in [-0.3, -0.25) is 4.79 Å². The first-order valence-electron chi connectivity index (χ1n) is 6.51. The van der Waals surface area contributed by atoms with E-state index in [-0.39, 0.29) is 5.56 Å². The van der Waals surface area contributed by atoms with Crippen LogP contribution in [0.5, 0.6) is 0 Å². The first-order chi connectivity index (χ1) is 10.2. The summed E-state index contributed by atoms with van der Waals surface area (Å²) in [5.74, 6) is 0.862. The van der Waals surface area contributed by atoms with Crippen molar-refractivity contribution < 1.29 is 4.52 Å². The highest BCUT2D eigenvalue weighted by Gasteiger charge is 2.10. The maximum Gasteiger partial charge on any atom is 0.250 e. The molecule has 0 unspecified atom stereocenters. The summed E-state index contributed by atoms with van der Waals surface area (Å²) in [6, 6.07) is 8.68. The Labute approximate surface area is 120 Å². The number of pyridine rings is 1. The third kappa shape index (κ3) is 2.86. The highest BCUT2D eigenvalue weighted by Crippen LogP contribution is 2.11. The summed E-state index contributed by atoms with van der Waals surface area (Å²) in [6.45, 7) is 2.38. The first kappa shape index (κ1) is 13.2. The van der Waals surface area contributed by atoms with Crippen molar-refractivity contribution in [2.24, 2.45) is 0 Å². The zero-order valence-electron chi connectivity index (χ0n) is 11.4. The molecule has 0 aliphatic carbocycles. The highest BCUT2D eigenvalue weighted by atomic mass is 16.5. The Hall–Kier alpha value is -2.83. The molecule has 0 N–H and O–H groups in total. The van der Waals surface area contributed by atoms with Crippen molar-refractivity contribution in [3.05, 3.63) is 58.5 Å². The van der Waals surface area contributed by atoms with Crippen LogP contribution in [-0.4, -0.2) is 24.9 Å². The third-order valence-electron chi connectivity index (χ3n) is 3.09. The van der Waals surface area contributed by atoms with Crippen LogP contribution in [-0.2, 0) is 13.0 Å². The van der Waals surface area contributed by atoms with Gasteiger partial charge in [0.25, 0.3) is 5.56 Å². The predicted octanol–water partition coefficient (Wildman–Crippen LogP) is 1.24. The maximum absolute atomic E-state index is 11.8. The Bertz CT molecular complexity index is 794. The minimum Gasteiger partial charge on any atom is -0.339 e. The molecule has 0 fully saturated rings. The van der Waals surface area contributed by atoms with Crippen molar-refractivity contribution in [2.75, 3.05) is 0 Å². The van der Waals surface area contributed by atoms with Crippen LogP contribution in [0, 0.1) is 6.92 Å². The van der Waals surface area contributed by atoms with E-state index < -0.39 is 0 Å². The number of rotatable bonds is 4. The Kier molecular flexibility index (Phi) is 3.55. The minimum atomic E-state index is -0.0383. The summed E-state index contributed by atoms with van der Waals surface area (Å²) in [4.78, 5) is 16.0. The van der Waals surface area contributed by atoms with Gasteiger partial charge in [0.05, 0.1) is 0 Å². The number of hydrogen-bond donors (Lipinski definition) is 0. The largest absolute Gasteiger partial charge is 0.339 e. The second kappa shape index (κ2) is 5.66. The molecule has 0 spiro atoms. The third-order valence-corrected chi connectivity index (χ3v) is 3.09. The van der Waals surface area contributed by atoms with Gasteiger partial charge in [-0.25, -0.2) is 0 Å². The number of hydrogen-bond acceptors (Lipinski definition) is 6. The highest BCUT2D eigenvalue weighted by molar-refractivity contribution is 5.46. The van der Waals surface area contributed by atoms with Gasteiger partial charge in [0.2, 0.25) is 11.7 Å². The van der Waals surface area contributed by atoms with Gasteiger partial charge in [0, 0.05) is 30.9 Å². The van der Waals surface area contributed by atoms with Crippen molar-refractivity contribution in [1.29, 1.82) is 0 Å². The summed E-state index contributed by atoms with van der Waals surface area (Å²) in [5.41, 5.74) is 1.42. The van der Waals surface area contributed by atoms with E-state index in [1.807, 2.05) is 13.0 Å². The molecule has 0 radical (unpaired) electrons. The molecule has 3 rings (SSSR count). The van der Waals surface area contributed by atoms with E-state index in [1.165, 1.54) is 6.07 Å². The SMILES string of the molecule is Cc1cccc(=O)n1CCc1nc(-c2cccnn2)no1. The van der Waals surface area contributed by atoms with Crippen molar-refractivity contribution in [1.82, 2.24) is 24.9 Å². The smallest absolute Gasteiger partial charge is 0.250 e. The molecular formula is C14H13N5O2.